The van der Waals surface area contributed by atoms with Gasteiger partial charge in [-0.1, -0.05) is 12.2 Å². The zero-order valence-corrected chi connectivity index (χ0v) is 12.6. The van der Waals surface area contributed by atoms with E-state index in [9.17, 15) is 19.5 Å². The summed E-state index contributed by atoms with van der Waals surface area (Å²) in [6, 6.07) is 6.68. The van der Waals surface area contributed by atoms with Crippen LogP contribution in [0.15, 0.2) is 36.4 Å². The van der Waals surface area contributed by atoms with Crippen LogP contribution in [0.4, 0.5) is 11.4 Å². The second kappa shape index (κ2) is 5.87. The number of amides is 2. The predicted molar refractivity (Wildman–Crippen MR) is 82.1 cm³/mol. The van der Waals surface area contributed by atoms with Gasteiger partial charge >= 0.3 is 0 Å². The maximum Gasteiger partial charge on any atom is 0.228 e. The fourth-order valence-electron chi connectivity index (χ4n) is 3.57. The Morgan fingerprint density at radius 1 is 0.957 bits per heavy atom. The number of fused-ring (bicyclic) bond motifs is 2. The first-order chi connectivity index (χ1) is 11.0. The van der Waals surface area contributed by atoms with Gasteiger partial charge in [-0.2, -0.15) is 0 Å². The van der Waals surface area contributed by atoms with E-state index in [1.807, 2.05) is 12.2 Å². The number of benzene rings is 1. The quantitative estimate of drug-likeness (QED) is 0.802. The third kappa shape index (κ3) is 2.97. The number of hydrogen-bond donors (Lipinski definition) is 2. The zero-order chi connectivity index (χ0) is 16.6. The SMILES string of the molecule is CC(=O)Nc1ccc(NC(=O)[C@H]2[C@@H](C(=O)[O-])[C@H]3C=C[C@@H]2C3)cc1. The van der Waals surface area contributed by atoms with Crippen molar-refractivity contribution in [1.82, 2.24) is 0 Å². The lowest BCUT2D eigenvalue weighted by atomic mass is 9.82. The Kier molecular flexibility index (Phi) is 3.90. The number of carbonyl (C=O) groups excluding carboxylic acids is 3. The van der Waals surface area contributed by atoms with Gasteiger partial charge in [0.2, 0.25) is 11.8 Å². The van der Waals surface area contributed by atoms with Crippen LogP contribution >= 0.6 is 0 Å². The van der Waals surface area contributed by atoms with E-state index in [1.54, 1.807) is 24.3 Å². The molecule has 1 aromatic carbocycles. The molecule has 23 heavy (non-hydrogen) atoms. The number of carbonyl (C=O) groups is 3. The molecule has 4 atom stereocenters. The molecular formula is C17H17N2O4-. The average molecular weight is 313 g/mol. The van der Waals surface area contributed by atoms with Gasteiger partial charge in [-0.05, 0) is 42.5 Å². The lowest BCUT2D eigenvalue weighted by Gasteiger charge is -2.27. The molecule has 120 valence electrons. The third-order valence-corrected chi connectivity index (χ3v) is 4.51. The first-order valence-electron chi connectivity index (χ1n) is 7.53. The predicted octanol–water partition coefficient (Wildman–Crippen LogP) is 0.772. The molecule has 2 aliphatic rings. The lowest BCUT2D eigenvalue weighted by molar-refractivity contribution is -0.313. The van der Waals surface area contributed by atoms with Crippen molar-refractivity contribution < 1.29 is 19.5 Å². The van der Waals surface area contributed by atoms with E-state index in [-0.39, 0.29) is 23.7 Å². The lowest BCUT2D eigenvalue weighted by Crippen LogP contribution is -2.42. The molecule has 6 nitrogen and oxygen atoms in total. The second-order valence-electron chi connectivity index (χ2n) is 6.07. The number of carboxylic acid groups (broad SMARTS) is 1. The third-order valence-electron chi connectivity index (χ3n) is 4.51. The Labute approximate surface area is 133 Å². The van der Waals surface area contributed by atoms with Gasteiger partial charge in [0.25, 0.3) is 0 Å². The van der Waals surface area contributed by atoms with Crippen LogP contribution in [0, 0.1) is 23.7 Å². The highest BCUT2D eigenvalue weighted by Crippen LogP contribution is 2.48. The molecule has 1 aromatic rings. The van der Waals surface area contributed by atoms with Crippen LogP contribution < -0.4 is 15.7 Å². The highest BCUT2D eigenvalue weighted by Gasteiger charge is 2.48. The molecule has 1 fully saturated rings. The molecular weight excluding hydrogens is 296 g/mol. The van der Waals surface area contributed by atoms with Crippen molar-refractivity contribution in [2.45, 2.75) is 13.3 Å². The van der Waals surface area contributed by atoms with Crippen LogP contribution in [0.3, 0.4) is 0 Å². The van der Waals surface area contributed by atoms with Crippen LogP contribution in [0.5, 0.6) is 0 Å². The standard InChI is InChI=1S/C17H18N2O4/c1-9(20)18-12-4-6-13(7-5-12)19-16(21)14-10-2-3-11(8-10)15(14)17(22)23/h2-7,10-11,14-15H,8H2,1H3,(H,18,20)(H,19,21)(H,22,23)/p-1/t10-,11+,14-,15+/m1/s1. The Balaban J connectivity index is 1.70. The summed E-state index contributed by atoms with van der Waals surface area (Å²) in [5.41, 5.74) is 1.19. The Morgan fingerprint density at radius 3 is 2.00 bits per heavy atom. The van der Waals surface area contributed by atoms with Gasteiger partial charge in [0.1, 0.15) is 0 Å². The van der Waals surface area contributed by atoms with Gasteiger partial charge in [-0.15, -0.1) is 0 Å². The first-order valence-corrected chi connectivity index (χ1v) is 7.53. The van der Waals surface area contributed by atoms with Crippen molar-refractivity contribution in [3.63, 3.8) is 0 Å². The van der Waals surface area contributed by atoms with Crippen LogP contribution in [0.25, 0.3) is 0 Å². The summed E-state index contributed by atoms with van der Waals surface area (Å²) in [7, 11) is 0. The van der Waals surface area contributed by atoms with E-state index in [0.29, 0.717) is 17.8 Å². The molecule has 0 heterocycles. The molecule has 2 aliphatic carbocycles. The van der Waals surface area contributed by atoms with E-state index < -0.39 is 17.8 Å². The minimum absolute atomic E-state index is 0.0402. The summed E-state index contributed by atoms with van der Waals surface area (Å²) in [6.07, 6.45) is 4.49. The summed E-state index contributed by atoms with van der Waals surface area (Å²) in [4.78, 5) is 34.8. The topological polar surface area (TPSA) is 98.3 Å². The van der Waals surface area contributed by atoms with Crippen molar-refractivity contribution in [3.05, 3.63) is 36.4 Å². The van der Waals surface area contributed by atoms with Crippen molar-refractivity contribution in [2.75, 3.05) is 10.6 Å². The van der Waals surface area contributed by atoms with Crippen LogP contribution in [-0.2, 0) is 14.4 Å². The second-order valence-corrected chi connectivity index (χ2v) is 6.07. The Bertz CT molecular complexity index is 680. The molecule has 2 bridgehead atoms. The van der Waals surface area contributed by atoms with E-state index in [4.69, 9.17) is 0 Å². The van der Waals surface area contributed by atoms with E-state index >= 15 is 0 Å². The van der Waals surface area contributed by atoms with Crippen LogP contribution in [-0.4, -0.2) is 17.8 Å². The number of allylic oxidation sites excluding steroid dienone is 2. The number of anilines is 2. The number of carboxylic acids is 1. The largest absolute Gasteiger partial charge is 0.550 e. The average Bonchev–Trinajstić information content (AvgIpc) is 3.09. The molecule has 0 unspecified atom stereocenters. The summed E-state index contributed by atoms with van der Waals surface area (Å²) < 4.78 is 0. The molecule has 2 amide bonds. The monoisotopic (exact) mass is 313 g/mol. The summed E-state index contributed by atoms with van der Waals surface area (Å²) >= 11 is 0. The number of hydrogen-bond acceptors (Lipinski definition) is 4. The minimum Gasteiger partial charge on any atom is -0.550 e. The maximum atomic E-state index is 12.5. The van der Waals surface area contributed by atoms with Gasteiger partial charge in [0.05, 0.1) is 5.92 Å². The number of nitrogens with one attached hydrogen (secondary N) is 2. The molecule has 2 N–H and O–H groups in total. The highest BCUT2D eigenvalue weighted by molar-refractivity contribution is 5.96. The highest BCUT2D eigenvalue weighted by atomic mass is 16.4. The summed E-state index contributed by atoms with van der Waals surface area (Å²) in [6.45, 7) is 1.42. The summed E-state index contributed by atoms with van der Waals surface area (Å²) in [5.74, 6) is -3.14. The fraction of sp³-hybridized carbons (Fsp3) is 0.353. The molecule has 6 heteroatoms. The maximum absolute atomic E-state index is 12.5. The molecule has 3 rings (SSSR count). The fourth-order valence-corrected chi connectivity index (χ4v) is 3.57. The molecule has 0 radical (unpaired) electrons. The van der Waals surface area contributed by atoms with Gasteiger partial charge in [-0.3, -0.25) is 9.59 Å². The molecule has 0 aromatic heterocycles. The van der Waals surface area contributed by atoms with Gasteiger partial charge < -0.3 is 20.5 Å². The number of aliphatic carboxylic acids is 1. The smallest absolute Gasteiger partial charge is 0.228 e. The Morgan fingerprint density at radius 2 is 1.48 bits per heavy atom. The molecule has 0 spiro atoms. The first kappa shape index (κ1) is 15.3. The number of rotatable bonds is 4. The summed E-state index contributed by atoms with van der Waals surface area (Å²) in [5, 5.41) is 16.7. The minimum atomic E-state index is -1.16. The van der Waals surface area contributed by atoms with E-state index in [0.717, 1.165) is 0 Å². The van der Waals surface area contributed by atoms with E-state index in [1.165, 1.54) is 6.92 Å². The Hall–Kier alpha value is -2.63. The van der Waals surface area contributed by atoms with Crippen molar-refractivity contribution in [2.24, 2.45) is 23.7 Å². The van der Waals surface area contributed by atoms with Crippen LogP contribution in [0.1, 0.15) is 13.3 Å². The van der Waals surface area contributed by atoms with Crippen LogP contribution in [0.2, 0.25) is 0 Å². The molecule has 0 aliphatic heterocycles. The van der Waals surface area contributed by atoms with Crippen molar-refractivity contribution in [3.8, 4) is 0 Å². The van der Waals surface area contributed by atoms with Gasteiger partial charge in [0, 0.05) is 30.2 Å². The normalized spacial score (nSPS) is 27.7. The zero-order valence-electron chi connectivity index (χ0n) is 12.6. The van der Waals surface area contributed by atoms with E-state index in [2.05, 4.69) is 10.6 Å². The molecule has 0 saturated heterocycles. The van der Waals surface area contributed by atoms with Gasteiger partial charge in [0.15, 0.2) is 0 Å². The molecule has 1 saturated carbocycles. The van der Waals surface area contributed by atoms with Crippen molar-refractivity contribution in [1.29, 1.82) is 0 Å². The van der Waals surface area contributed by atoms with Gasteiger partial charge in [-0.25, -0.2) is 0 Å². The van der Waals surface area contributed by atoms with Crippen molar-refractivity contribution >= 4 is 29.2 Å².